The Hall–Kier alpha value is -1.49. The number of nitrogens with one attached hydrogen (secondary N) is 1. The van der Waals surface area contributed by atoms with Gasteiger partial charge in [0.25, 0.3) is 5.91 Å². The first-order chi connectivity index (χ1) is 4.84. The Balaban J connectivity index is 2.85. The maximum atomic E-state index is 10.7. The highest BCUT2D eigenvalue weighted by Gasteiger charge is 2.00. The lowest BCUT2D eigenvalue weighted by Gasteiger charge is -1.94. The number of nitrogens with two attached hydrogens (primary N) is 1. The summed E-state index contributed by atoms with van der Waals surface area (Å²) in [6.07, 6.45) is 2.76. The van der Waals surface area contributed by atoms with E-state index in [9.17, 15) is 4.79 Å². The first-order valence-corrected chi connectivity index (χ1v) is 2.62. The summed E-state index contributed by atoms with van der Waals surface area (Å²) >= 11 is 0. The third-order valence-electron chi connectivity index (χ3n) is 0.978. The standard InChI is InChI=1S/C5H6N4O/c6-9-5(10)4-1-2-7-8-3-4/h1-3H,6H2,(H,9,10). The fraction of sp³-hybridized carbons (Fsp3) is 0. The Kier molecular flexibility index (Phi) is 1.91. The Bertz CT molecular complexity index is 222. The zero-order valence-corrected chi connectivity index (χ0v) is 5.11. The number of nitrogens with zero attached hydrogens (tertiary/aromatic N) is 2. The monoisotopic (exact) mass is 138 g/mol. The van der Waals surface area contributed by atoms with Crippen LogP contribution in [0.25, 0.3) is 0 Å². The van der Waals surface area contributed by atoms with Crippen molar-refractivity contribution in [2.24, 2.45) is 5.84 Å². The predicted molar refractivity (Wildman–Crippen MR) is 33.7 cm³/mol. The second-order valence-electron chi connectivity index (χ2n) is 1.60. The SMILES string of the molecule is NNC(=O)c1ccnnc1. The molecule has 0 radical (unpaired) electrons. The van der Waals surface area contributed by atoms with Gasteiger partial charge in [-0.25, -0.2) is 5.84 Å². The summed E-state index contributed by atoms with van der Waals surface area (Å²) in [6, 6.07) is 1.52. The van der Waals surface area contributed by atoms with E-state index in [0.29, 0.717) is 5.56 Å². The second kappa shape index (κ2) is 2.88. The molecule has 0 fully saturated rings. The lowest BCUT2D eigenvalue weighted by Crippen LogP contribution is -2.30. The van der Waals surface area contributed by atoms with Gasteiger partial charge in [-0.15, -0.1) is 0 Å². The molecule has 0 bridgehead atoms. The minimum Gasteiger partial charge on any atom is -0.290 e. The van der Waals surface area contributed by atoms with Crippen molar-refractivity contribution in [3.05, 3.63) is 24.0 Å². The average molecular weight is 138 g/mol. The highest BCUT2D eigenvalue weighted by molar-refractivity contribution is 5.93. The van der Waals surface area contributed by atoms with Gasteiger partial charge in [0, 0.05) is 0 Å². The van der Waals surface area contributed by atoms with Crippen LogP contribution in [0.4, 0.5) is 0 Å². The smallest absolute Gasteiger partial charge is 0.266 e. The third-order valence-corrected chi connectivity index (χ3v) is 0.978. The summed E-state index contributed by atoms with van der Waals surface area (Å²) in [6.45, 7) is 0. The molecule has 0 saturated carbocycles. The number of aromatic nitrogens is 2. The van der Waals surface area contributed by atoms with Crippen molar-refractivity contribution in [2.75, 3.05) is 0 Å². The molecular weight excluding hydrogens is 132 g/mol. The molecule has 1 amide bonds. The van der Waals surface area contributed by atoms with Crippen molar-refractivity contribution in [1.82, 2.24) is 15.6 Å². The molecule has 52 valence electrons. The second-order valence-corrected chi connectivity index (χ2v) is 1.60. The van der Waals surface area contributed by atoms with Crippen LogP contribution in [-0.2, 0) is 0 Å². The number of amides is 1. The maximum Gasteiger partial charge on any atom is 0.266 e. The Morgan fingerprint density at radius 3 is 2.90 bits per heavy atom. The molecule has 0 unspecified atom stereocenters. The molecule has 3 N–H and O–H groups in total. The summed E-state index contributed by atoms with van der Waals surface area (Å²) < 4.78 is 0. The fourth-order valence-electron chi connectivity index (χ4n) is 0.508. The number of carbonyl (C=O) groups is 1. The summed E-state index contributed by atoms with van der Waals surface area (Å²) in [5.41, 5.74) is 2.38. The van der Waals surface area contributed by atoms with E-state index in [1.807, 2.05) is 5.43 Å². The normalized spacial score (nSPS) is 8.90. The molecule has 10 heavy (non-hydrogen) atoms. The van der Waals surface area contributed by atoms with E-state index in [-0.39, 0.29) is 5.91 Å². The molecule has 0 atom stereocenters. The third kappa shape index (κ3) is 1.26. The van der Waals surface area contributed by atoms with E-state index in [0.717, 1.165) is 0 Å². The molecule has 1 aromatic heterocycles. The molecule has 0 aromatic carbocycles. The highest BCUT2D eigenvalue weighted by Crippen LogP contribution is 1.90. The molecular formula is C5H6N4O. The molecule has 5 heteroatoms. The van der Waals surface area contributed by atoms with Gasteiger partial charge >= 0.3 is 0 Å². The topological polar surface area (TPSA) is 80.9 Å². The van der Waals surface area contributed by atoms with Crippen LogP contribution in [0.5, 0.6) is 0 Å². The van der Waals surface area contributed by atoms with Gasteiger partial charge in [0.2, 0.25) is 0 Å². The van der Waals surface area contributed by atoms with E-state index >= 15 is 0 Å². The van der Waals surface area contributed by atoms with Crippen LogP contribution in [0.1, 0.15) is 10.4 Å². The van der Waals surface area contributed by atoms with E-state index in [2.05, 4.69) is 10.2 Å². The van der Waals surface area contributed by atoms with Crippen molar-refractivity contribution >= 4 is 5.91 Å². The maximum absolute atomic E-state index is 10.7. The molecule has 1 rings (SSSR count). The number of hydrazine groups is 1. The largest absolute Gasteiger partial charge is 0.290 e. The Labute approximate surface area is 57.2 Å². The average Bonchev–Trinajstić information content (AvgIpc) is 2.05. The van der Waals surface area contributed by atoms with Crippen LogP contribution in [0.3, 0.4) is 0 Å². The van der Waals surface area contributed by atoms with Crippen molar-refractivity contribution in [1.29, 1.82) is 0 Å². The number of hydrogen-bond acceptors (Lipinski definition) is 4. The van der Waals surface area contributed by atoms with E-state index < -0.39 is 0 Å². The van der Waals surface area contributed by atoms with E-state index in [1.165, 1.54) is 18.5 Å². The minimum atomic E-state index is -0.366. The number of rotatable bonds is 1. The highest BCUT2D eigenvalue weighted by atomic mass is 16.2. The van der Waals surface area contributed by atoms with E-state index in [4.69, 9.17) is 5.84 Å². The summed E-state index contributed by atoms with van der Waals surface area (Å²) in [5.74, 6) is 4.49. The van der Waals surface area contributed by atoms with Crippen molar-refractivity contribution in [3.63, 3.8) is 0 Å². The van der Waals surface area contributed by atoms with Gasteiger partial charge in [-0.05, 0) is 6.07 Å². The van der Waals surface area contributed by atoms with Crippen molar-refractivity contribution < 1.29 is 4.79 Å². The van der Waals surface area contributed by atoms with Crippen LogP contribution < -0.4 is 11.3 Å². The zero-order valence-electron chi connectivity index (χ0n) is 5.11. The van der Waals surface area contributed by atoms with Gasteiger partial charge in [0.1, 0.15) is 0 Å². The van der Waals surface area contributed by atoms with Crippen LogP contribution in [0, 0.1) is 0 Å². The van der Waals surface area contributed by atoms with Gasteiger partial charge < -0.3 is 0 Å². The first-order valence-electron chi connectivity index (χ1n) is 2.62. The zero-order chi connectivity index (χ0) is 7.40. The van der Waals surface area contributed by atoms with Gasteiger partial charge in [0.15, 0.2) is 0 Å². The molecule has 0 aliphatic rings. The Morgan fingerprint density at radius 2 is 2.40 bits per heavy atom. The van der Waals surface area contributed by atoms with Crippen LogP contribution in [0.2, 0.25) is 0 Å². The van der Waals surface area contributed by atoms with E-state index in [1.54, 1.807) is 0 Å². The summed E-state index contributed by atoms with van der Waals surface area (Å²) in [7, 11) is 0. The number of hydrogen-bond donors (Lipinski definition) is 2. The van der Waals surface area contributed by atoms with Gasteiger partial charge in [0.05, 0.1) is 18.0 Å². The van der Waals surface area contributed by atoms with Crippen LogP contribution in [-0.4, -0.2) is 16.1 Å². The summed E-state index contributed by atoms with van der Waals surface area (Å²) in [4.78, 5) is 10.7. The quantitative estimate of drug-likeness (QED) is 0.299. The van der Waals surface area contributed by atoms with Crippen molar-refractivity contribution in [2.45, 2.75) is 0 Å². The fourth-order valence-corrected chi connectivity index (χ4v) is 0.508. The van der Waals surface area contributed by atoms with Crippen LogP contribution in [0.15, 0.2) is 18.5 Å². The number of carbonyl (C=O) groups excluding carboxylic acids is 1. The predicted octanol–water partition coefficient (Wildman–Crippen LogP) is -0.920. The Morgan fingerprint density at radius 1 is 1.60 bits per heavy atom. The van der Waals surface area contributed by atoms with Crippen LogP contribution >= 0.6 is 0 Å². The lowest BCUT2D eigenvalue weighted by atomic mass is 10.3. The molecule has 0 aliphatic carbocycles. The molecule has 0 saturated heterocycles. The molecule has 0 spiro atoms. The minimum absolute atomic E-state index is 0.366. The van der Waals surface area contributed by atoms with Gasteiger partial charge in [-0.2, -0.15) is 10.2 Å². The molecule has 5 nitrogen and oxygen atoms in total. The first kappa shape index (κ1) is 6.63. The number of nitrogen functional groups attached to an aromatic ring is 1. The molecule has 1 aromatic rings. The van der Waals surface area contributed by atoms with Crippen molar-refractivity contribution in [3.8, 4) is 0 Å². The molecule has 1 heterocycles. The molecule has 0 aliphatic heterocycles. The summed E-state index contributed by atoms with van der Waals surface area (Å²) in [5, 5.41) is 6.98. The lowest BCUT2D eigenvalue weighted by molar-refractivity contribution is 0.0953. The van der Waals surface area contributed by atoms with Gasteiger partial charge in [-0.3, -0.25) is 10.2 Å². The van der Waals surface area contributed by atoms with Gasteiger partial charge in [-0.1, -0.05) is 0 Å².